The number of aromatic nitrogens is 1. The number of ether oxygens (including phenoxy) is 1. The van der Waals surface area contributed by atoms with Crippen molar-refractivity contribution < 1.29 is 9.13 Å². The molecular formula is C23H25FN4O. The van der Waals surface area contributed by atoms with Gasteiger partial charge in [-0.25, -0.2) is 9.37 Å². The van der Waals surface area contributed by atoms with Crippen LogP contribution in [0.5, 0.6) is 5.88 Å². The Morgan fingerprint density at radius 1 is 0.862 bits per heavy atom. The Bertz CT molecular complexity index is 952. The topological polar surface area (TPSA) is 40.6 Å². The summed E-state index contributed by atoms with van der Waals surface area (Å²) in [5, 5.41) is 3.15. The highest BCUT2D eigenvalue weighted by molar-refractivity contribution is 5.77. The zero-order valence-electron chi connectivity index (χ0n) is 16.7. The minimum Gasteiger partial charge on any atom is -0.481 e. The van der Waals surface area contributed by atoms with Crippen molar-refractivity contribution in [3.63, 3.8) is 0 Å². The first-order chi connectivity index (χ1) is 14.2. The molecule has 1 aliphatic rings. The van der Waals surface area contributed by atoms with E-state index < -0.39 is 0 Å². The lowest BCUT2D eigenvalue weighted by Gasteiger charge is -2.38. The maximum atomic E-state index is 13.2. The van der Waals surface area contributed by atoms with Crippen LogP contribution < -0.4 is 19.9 Å². The molecule has 0 aliphatic carbocycles. The van der Waals surface area contributed by atoms with E-state index in [4.69, 9.17) is 9.72 Å². The number of piperazine rings is 1. The van der Waals surface area contributed by atoms with Gasteiger partial charge in [-0.1, -0.05) is 12.1 Å². The summed E-state index contributed by atoms with van der Waals surface area (Å²) in [6, 6.07) is 19.0. The van der Waals surface area contributed by atoms with Gasteiger partial charge in [-0.15, -0.1) is 0 Å². The van der Waals surface area contributed by atoms with Gasteiger partial charge in [0.1, 0.15) is 5.82 Å². The molecule has 0 spiro atoms. The van der Waals surface area contributed by atoms with Gasteiger partial charge in [0.05, 0.1) is 18.5 Å². The Balaban J connectivity index is 1.57. The normalized spacial score (nSPS) is 14.0. The summed E-state index contributed by atoms with van der Waals surface area (Å²) in [7, 11) is 3.54. The second-order valence-electron chi connectivity index (χ2n) is 7.00. The van der Waals surface area contributed by atoms with Crippen molar-refractivity contribution in [3.8, 4) is 17.1 Å². The van der Waals surface area contributed by atoms with Crippen molar-refractivity contribution in [3.05, 3.63) is 66.5 Å². The summed E-state index contributed by atoms with van der Waals surface area (Å²) in [6.45, 7) is 3.48. The fourth-order valence-corrected chi connectivity index (χ4v) is 3.67. The molecule has 0 amide bonds. The van der Waals surface area contributed by atoms with E-state index in [2.05, 4.69) is 33.3 Å². The Hall–Kier alpha value is -3.28. The number of nitrogens with one attached hydrogen (secondary N) is 1. The quantitative estimate of drug-likeness (QED) is 0.702. The molecule has 6 heteroatoms. The van der Waals surface area contributed by atoms with Crippen molar-refractivity contribution in [1.82, 2.24) is 4.98 Å². The maximum Gasteiger partial charge on any atom is 0.213 e. The van der Waals surface area contributed by atoms with Gasteiger partial charge in [-0.2, -0.15) is 0 Å². The zero-order chi connectivity index (χ0) is 20.2. The fraction of sp³-hybridized carbons (Fsp3) is 0.261. The van der Waals surface area contributed by atoms with Crippen LogP contribution in [-0.4, -0.2) is 45.3 Å². The zero-order valence-corrected chi connectivity index (χ0v) is 16.7. The number of nitrogens with zero attached hydrogens (tertiary/aromatic N) is 3. The molecule has 0 radical (unpaired) electrons. The largest absolute Gasteiger partial charge is 0.481 e. The monoisotopic (exact) mass is 392 g/mol. The highest BCUT2D eigenvalue weighted by Gasteiger charge is 2.21. The average Bonchev–Trinajstić information content (AvgIpc) is 2.79. The molecular weight excluding hydrogens is 367 g/mol. The van der Waals surface area contributed by atoms with E-state index in [9.17, 15) is 4.39 Å². The van der Waals surface area contributed by atoms with Crippen molar-refractivity contribution in [2.45, 2.75) is 0 Å². The van der Waals surface area contributed by atoms with Gasteiger partial charge < -0.3 is 19.9 Å². The molecule has 1 aromatic heterocycles. The molecule has 1 aliphatic heterocycles. The second-order valence-corrected chi connectivity index (χ2v) is 7.00. The number of rotatable bonds is 5. The molecule has 1 saturated heterocycles. The van der Waals surface area contributed by atoms with E-state index in [1.54, 1.807) is 7.11 Å². The second kappa shape index (κ2) is 8.39. The first-order valence-electron chi connectivity index (χ1n) is 9.76. The Kier molecular flexibility index (Phi) is 5.51. The number of benzene rings is 2. The van der Waals surface area contributed by atoms with E-state index in [1.807, 2.05) is 37.4 Å². The van der Waals surface area contributed by atoms with Gasteiger partial charge in [0, 0.05) is 56.2 Å². The summed E-state index contributed by atoms with van der Waals surface area (Å²) in [5.74, 6) is 0.400. The number of hydrogen-bond donors (Lipinski definition) is 1. The van der Waals surface area contributed by atoms with Crippen LogP contribution >= 0.6 is 0 Å². The van der Waals surface area contributed by atoms with E-state index in [-0.39, 0.29) is 5.82 Å². The molecule has 0 bridgehead atoms. The standard InChI is InChI=1S/C23H25FN4O/c1-25-19-7-3-17(4-8-19)23-21(11-12-22(26-23)29-2)28-15-13-27(14-16-28)20-9-5-18(24)6-10-20/h3-12,25H,13-16H2,1-2H3. The van der Waals surface area contributed by atoms with Crippen LogP contribution in [0, 0.1) is 5.82 Å². The van der Waals surface area contributed by atoms with Gasteiger partial charge in [0.25, 0.3) is 0 Å². The molecule has 1 fully saturated rings. The molecule has 5 nitrogen and oxygen atoms in total. The minimum absolute atomic E-state index is 0.203. The summed E-state index contributed by atoms with van der Waals surface area (Å²) < 4.78 is 18.6. The molecule has 150 valence electrons. The minimum atomic E-state index is -0.203. The number of anilines is 3. The van der Waals surface area contributed by atoms with E-state index in [0.29, 0.717) is 5.88 Å². The van der Waals surface area contributed by atoms with Crippen LogP contribution in [0.3, 0.4) is 0 Å². The first kappa shape index (κ1) is 19.1. The lowest BCUT2D eigenvalue weighted by Crippen LogP contribution is -2.46. The molecule has 0 unspecified atom stereocenters. The van der Waals surface area contributed by atoms with Gasteiger partial charge in [-0.3, -0.25) is 0 Å². The number of methoxy groups -OCH3 is 1. The first-order valence-corrected chi connectivity index (χ1v) is 9.76. The molecule has 4 rings (SSSR count). The molecule has 0 atom stereocenters. The lowest BCUT2D eigenvalue weighted by molar-refractivity contribution is 0.398. The Labute approximate surface area is 170 Å². The predicted octanol–water partition coefficient (Wildman–Crippen LogP) is 4.26. The molecule has 29 heavy (non-hydrogen) atoms. The SMILES string of the molecule is CNc1ccc(-c2nc(OC)ccc2N2CCN(c3ccc(F)cc3)CC2)cc1. The van der Waals surface area contributed by atoms with Crippen LogP contribution in [0.1, 0.15) is 0 Å². The number of pyridine rings is 1. The van der Waals surface area contributed by atoms with Crippen LogP contribution in [0.25, 0.3) is 11.3 Å². The molecule has 1 N–H and O–H groups in total. The van der Waals surface area contributed by atoms with E-state index >= 15 is 0 Å². The average molecular weight is 392 g/mol. The molecule has 0 saturated carbocycles. The van der Waals surface area contributed by atoms with Crippen LogP contribution in [0.4, 0.5) is 21.5 Å². The highest BCUT2D eigenvalue weighted by atomic mass is 19.1. The van der Waals surface area contributed by atoms with E-state index in [1.165, 1.54) is 12.1 Å². The number of halogens is 1. The maximum absolute atomic E-state index is 13.2. The van der Waals surface area contributed by atoms with Gasteiger partial charge >= 0.3 is 0 Å². The summed E-state index contributed by atoms with van der Waals surface area (Å²) in [6.07, 6.45) is 0. The fourth-order valence-electron chi connectivity index (χ4n) is 3.67. The summed E-state index contributed by atoms with van der Waals surface area (Å²) >= 11 is 0. The third-order valence-electron chi connectivity index (χ3n) is 5.32. The molecule has 3 aromatic rings. The summed E-state index contributed by atoms with van der Waals surface area (Å²) in [5.41, 5.74) is 5.19. The van der Waals surface area contributed by atoms with Gasteiger partial charge in [-0.05, 0) is 42.5 Å². The van der Waals surface area contributed by atoms with Crippen molar-refractivity contribution >= 4 is 17.1 Å². The van der Waals surface area contributed by atoms with Crippen LogP contribution in [-0.2, 0) is 0 Å². The van der Waals surface area contributed by atoms with Gasteiger partial charge in [0.2, 0.25) is 5.88 Å². The summed E-state index contributed by atoms with van der Waals surface area (Å²) in [4.78, 5) is 9.38. The van der Waals surface area contributed by atoms with Crippen LogP contribution in [0.15, 0.2) is 60.7 Å². The Morgan fingerprint density at radius 2 is 1.52 bits per heavy atom. The van der Waals surface area contributed by atoms with Crippen molar-refractivity contribution in [2.24, 2.45) is 0 Å². The Morgan fingerprint density at radius 3 is 2.14 bits per heavy atom. The highest BCUT2D eigenvalue weighted by Crippen LogP contribution is 2.33. The van der Waals surface area contributed by atoms with Crippen molar-refractivity contribution in [1.29, 1.82) is 0 Å². The van der Waals surface area contributed by atoms with Crippen molar-refractivity contribution in [2.75, 3.05) is 55.5 Å². The third-order valence-corrected chi connectivity index (χ3v) is 5.32. The van der Waals surface area contributed by atoms with E-state index in [0.717, 1.165) is 54.5 Å². The predicted molar refractivity (Wildman–Crippen MR) is 117 cm³/mol. The number of hydrogen-bond acceptors (Lipinski definition) is 5. The smallest absolute Gasteiger partial charge is 0.213 e. The van der Waals surface area contributed by atoms with Gasteiger partial charge in [0.15, 0.2) is 0 Å². The molecule has 2 aromatic carbocycles. The third kappa shape index (κ3) is 4.11. The lowest BCUT2D eigenvalue weighted by atomic mass is 10.1. The molecule has 2 heterocycles. The van der Waals surface area contributed by atoms with Crippen LogP contribution in [0.2, 0.25) is 0 Å².